The molecule has 0 saturated heterocycles. The van der Waals surface area contributed by atoms with Gasteiger partial charge in [0.15, 0.2) is 0 Å². The molecule has 0 aliphatic carbocycles. The smallest absolute Gasteiger partial charge is 0.423 e. The molecule has 31 heavy (non-hydrogen) atoms. The molecule has 0 heterocycles. The summed E-state index contributed by atoms with van der Waals surface area (Å²) < 4.78 is 60.1. The topological polar surface area (TPSA) is 35.5 Å². The fourth-order valence-corrected chi connectivity index (χ4v) is 3.06. The number of ether oxygens (including phenoxy) is 2. The maximum absolute atomic E-state index is 14.2. The van der Waals surface area contributed by atoms with Crippen LogP contribution in [0.25, 0.3) is 11.1 Å². The van der Waals surface area contributed by atoms with Crippen molar-refractivity contribution in [2.24, 2.45) is 0 Å². The van der Waals surface area contributed by atoms with E-state index in [0.29, 0.717) is 0 Å². The van der Waals surface area contributed by atoms with Gasteiger partial charge in [0, 0.05) is 11.6 Å². The van der Waals surface area contributed by atoms with E-state index in [1.54, 1.807) is 24.3 Å². The largest absolute Gasteiger partial charge is 0.523 e. The summed E-state index contributed by atoms with van der Waals surface area (Å²) in [6, 6.07) is 18.0. The second-order valence-electron chi connectivity index (χ2n) is 6.91. The lowest BCUT2D eigenvalue weighted by Crippen LogP contribution is -2.17. The van der Waals surface area contributed by atoms with E-state index in [0.717, 1.165) is 36.6 Å². The van der Waals surface area contributed by atoms with E-state index in [2.05, 4.69) is 11.7 Å². The van der Waals surface area contributed by atoms with Crippen molar-refractivity contribution in [3.63, 3.8) is 0 Å². The number of alkyl halides is 3. The van der Waals surface area contributed by atoms with Crippen LogP contribution in [0.1, 0.15) is 41.4 Å². The number of rotatable bonds is 6. The molecule has 3 rings (SSSR count). The maximum Gasteiger partial charge on any atom is 0.523 e. The van der Waals surface area contributed by atoms with Crippen molar-refractivity contribution in [3.8, 4) is 16.9 Å². The zero-order chi connectivity index (χ0) is 22.6. The molecule has 0 N–H and O–H groups in total. The lowest BCUT2D eigenvalue weighted by atomic mass is 10.0. The Balaban J connectivity index is 1.69. The van der Waals surface area contributed by atoms with Crippen molar-refractivity contribution >= 4 is 5.97 Å². The summed E-state index contributed by atoms with van der Waals surface area (Å²) in [6.45, 7) is 3.15. The van der Waals surface area contributed by atoms with Crippen LogP contribution in [0.5, 0.6) is 5.75 Å². The molecule has 0 aromatic heterocycles. The van der Waals surface area contributed by atoms with Gasteiger partial charge in [0.1, 0.15) is 11.6 Å². The molecule has 1 atom stereocenters. The maximum atomic E-state index is 14.2. The molecule has 0 fully saturated rings. The van der Waals surface area contributed by atoms with Crippen LogP contribution in [-0.4, -0.2) is 12.3 Å². The molecule has 3 aromatic carbocycles. The minimum atomic E-state index is -4.89. The molecule has 0 amide bonds. The number of carbonyl (C=O) groups is 1. The van der Waals surface area contributed by atoms with E-state index in [4.69, 9.17) is 4.74 Å². The summed E-state index contributed by atoms with van der Waals surface area (Å²) in [4.78, 5) is 12.3. The summed E-state index contributed by atoms with van der Waals surface area (Å²) in [5.41, 5.74) is 3.11. The third-order valence-corrected chi connectivity index (χ3v) is 4.75. The zero-order valence-electron chi connectivity index (χ0n) is 16.9. The predicted octanol–water partition coefficient (Wildman–Crippen LogP) is 6.87. The summed E-state index contributed by atoms with van der Waals surface area (Å²) in [5, 5.41) is 0. The number of halogens is 4. The Hall–Kier alpha value is -3.19. The fourth-order valence-electron chi connectivity index (χ4n) is 3.06. The van der Waals surface area contributed by atoms with E-state index in [-0.39, 0.29) is 16.9 Å². The summed E-state index contributed by atoms with van der Waals surface area (Å²) >= 11 is 0. The van der Waals surface area contributed by atoms with Gasteiger partial charge in [0.05, 0.1) is 11.7 Å². The fraction of sp³-hybridized carbons (Fsp3) is 0.208. The molecule has 1 unspecified atom stereocenters. The van der Waals surface area contributed by atoms with Gasteiger partial charge in [0.2, 0.25) is 0 Å². The Morgan fingerprint density at radius 3 is 2.03 bits per heavy atom. The first-order valence-electron chi connectivity index (χ1n) is 9.62. The quantitative estimate of drug-likeness (QED) is 0.242. The van der Waals surface area contributed by atoms with Crippen LogP contribution in [0.4, 0.5) is 17.6 Å². The molecule has 0 aliphatic heterocycles. The van der Waals surface area contributed by atoms with Crippen LogP contribution >= 0.6 is 0 Å². The molecule has 0 radical (unpaired) electrons. The monoisotopic (exact) mass is 432 g/mol. The Bertz CT molecular complexity index is 1040. The highest BCUT2D eigenvalue weighted by molar-refractivity contribution is 5.91. The third-order valence-electron chi connectivity index (χ3n) is 4.75. The highest BCUT2D eigenvalue weighted by Gasteiger charge is 2.33. The Kier molecular flexibility index (Phi) is 6.75. The van der Waals surface area contributed by atoms with Gasteiger partial charge in [-0.25, -0.2) is 9.18 Å². The third kappa shape index (κ3) is 5.92. The molecular formula is C24H20F4O3. The van der Waals surface area contributed by atoms with Crippen LogP contribution < -0.4 is 4.74 Å². The lowest BCUT2D eigenvalue weighted by molar-refractivity contribution is -0.342. The van der Waals surface area contributed by atoms with Crippen molar-refractivity contribution in [1.82, 2.24) is 0 Å². The van der Waals surface area contributed by atoms with Crippen molar-refractivity contribution in [1.29, 1.82) is 0 Å². The van der Waals surface area contributed by atoms with Crippen LogP contribution in [0, 0.1) is 5.82 Å². The normalized spacial score (nSPS) is 12.5. The van der Waals surface area contributed by atoms with Crippen molar-refractivity contribution in [2.75, 3.05) is 0 Å². The number of carbonyl (C=O) groups excluding carboxylic acids is 1. The molecule has 0 saturated carbocycles. The van der Waals surface area contributed by atoms with E-state index >= 15 is 0 Å². The Labute approximate surface area is 177 Å². The van der Waals surface area contributed by atoms with E-state index in [9.17, 15) is 22.4 Å². The van der Waals surface area contributed by atoms with Crippen molar-refractivity contribution < 1.29 is 31.8 Å². The highest BCUT2D eigenvalue weighted by atomic mass is 19.4. The first-order chi connectivity index (χ1) is 14.7. The van der Waals surface area contributed by atoms with Crippen LogP contribution in [0.2, 0.25) is 0 Å². The number of benzene rings is 3. The summed E-state index contributed by atoms with van der Waals surface area (Å²) in [6.07, 6.45) is -5.48. The van der Waals surface area contributed by atoms with Crippen LogP contribution in [0.15, 0.2) is 66.7 Å². The summed E-state index contributed by atoms with van der Waals surface area (Å²) in [7, 11) is 0. The van der Waals surface area contributed by atoms with Crippen LogP contribution in [0.3, 0.4) is 0 Å². The Morgan fingerprint density at radius 1 is 0.935 bits per heavy atom. The molecular weight excluding hydrogens is 412 g/mol. The first kappa shape index (κ1) is 22.5. The van der Waals surface area contributed by atoms with Crippen molar-refractivity contribution in [2.45, 2.75) is 32.7 Å². The van der Waals surface area contributed by atoms with Crippen LogP contribution in [-0.2, 0) is 11.2 Å². The SMILES string of the molecule is CCc1ccc(-c2ccc(C(=O)Oc3ccc(C(C)OC(F)(F)F)c(F)c3)cc2)cc1. The average molecular weight is 432 g/mol. The number of hydrogen-bond donors (Lipinski definition) is 0. The van der Waals surface area contributed by atoms with Gasteiger partial charge < -0.3 is 4.74 Å². The average Bonchev–Trinajstić information content (AvgIpc) is 2.72. The van der Waals surface area contributed by atoms with Crippen molar-refractivity contribution in [3.05, 3.63) is 89.2 Å². The van der Waals surface area contributed by atoms with Gasteiger partial charge in [0.25, 0.3) is 0 Å². The number of aryl methyl sites for hydroxylation is 1. The molecule has 0 spiro atoms. The first-order valence-corrected chi connectivity index (χ1v) is 9.62. The zero-order valence-corrected chi connectivity index (χ0v) is 16.9. The standard InChI is InChI=1S/C24H20F4O3/c1-3-16-4-6-17(7-5-16)18-8-10-19(11-9-18)23(29)30-20-12-13-21(22(25)14-20)15(2)31-24(26,27)28/h4-15H,3H2,1-2H3. The van der Waals surface area contributed by atoms with Gasteiger partial charge in [-0.05, 0) is 54.3 Å². The number of esters is 1. The minimum absolute atomic E-state index is 0.121. The lowest BCUT2D eigenvalue weighted by Gasteiger charge is -2.16. The molecule has 0 aliphatic rings. The number of hydrogen-bond acceptors (Lipinski definition) is 3. The minimum Gasteiger partial charge on any atom is -0.423 e. The van der Waals surface area contributed by atoms with E-state index in [1.807, 2.05) is 24.3 Å². The Morgan fingerprint density at radius 2 is 1.52 bits per heavy atom. The van der Waals surface area contributed by atoms with E-state index in [1.165, 1.54) is 11.6 Å². The van der Waals surface area contributed by atoms with Gasteiger partial charge in [-0.15, -0.1) is 13.2 Å². The van der Waals surface area contributed by atoms with Gasteiger partial charge in [-0.1, -0.05) is 43.3 Å². The van der Waals surface area contributed by atoms with Gasteiger partial charge in [-0.2, -0.15) is 0 Å². The second-order valence-corrected chi connectivity index (χ2v) is 6.91. The second kappa shape index (κ2) is 9.31. The molecule has 0 bridgehead atoms. The van der Waals surface area contributed by atoms with Gasteiger partial charge >= 0.3 is 12.3 Å². The molecule has 162 valence electrons. The van der Waals surface area contributed by atoms with Gasteiger partial charge in [-0.3, -0.25) is 4.74 Å². The molecule has 3 aromatic rings. The summed E-state index contributed by atoms with van der Waals surface area (Å²) in [5.74, 6) is -1.79. The highest BCUT2D eigenvalue weighted by Crippen LogP contribution is 2.30. The predicted molar refractivity (Wildman–Crippen MR) is 108 cm³/mol. The molecule has 7 heteroatoms. The molecule has 3 nitrogen and oxygen atoms in total. The van der Waals surface area contributed by atoms with E-state index < -0.39 is 24.3 Å².